The standard InChI is InChI=1S/C21H22O4/c1-21(2,23)12-11-16-18(24-3)10-9-15-17(22)13-19(25-20(15)16)14-7-5-4-6-8-14/h4-12,19,23H,13H2,1-3H3. The lowest BCUT2D eigenvalue weighted by molar-refractivity contribution is 0.0849. The van der Waals surface area contributed by atoms with Gasteiger partial charge in [-0.3, -0.25) is 4.79 Å². The number of rotatable bonds is 4. The van der Waals surface area contributed by atoms with Crippen LogP contribution in [0.1, 0.15) is 47.9 Å². The van der Waals surface area contributed by atoms with Crippen LogP contribution in [0.4, 0.5) is 0 Å². The molecule has 1 atom stereocenters. The Morgan fingerprint density at radius 2 is 1.92 bits per heavy atom. The molecule has 2 aromatic rings. The van der Waals surface area contributed by atoms with E-state index in [0.29, 0.717) is 29.0 Å². The van der Waals surface area contributed by atoms with Crippen LogP contribution in [0.3, 0.4) is 0 Å². The summed E-state index contributed by atoms with van der Waals surface area (Å²) < 4.78 is 11.6. The van der Waals surface area contributed by atoms with Crippen LogP contribution in [-0.4, -0.2) is 23.6 Å². The van der Waals surface area contributed by atoms with Crippen molar-refractivity contribution in [1.82, 2.24) is 0 Å². The summed E-state index contributed by atoms with van der Waals surface area (Å²) in [5.74, 6) is 1.14. The summed E-state index contributed by atoms with van der Waals surface area (Å²) >= 11 is 0. The van der Waals surface area contributed by atoms with Crippen LogP contribution in [0.15, 0.2) is 48.5 Å². The van der Waals surface area contributed by atoms with Gasteiger partial charge in [0.05, 0.1) is 30.3 Å². The van der Waals surface area contributed by atoms with Gasteiger partial charge >= 0.3 is 0 Å². The summed E-state index contributed by atoms with van der Waals surface area (Å²) in [5, 5.41) is 9.99. The van der Waals surface area contributed by atoms with E-state index in [4.69, 9.17) is 9.47 Å². The van der Waals surface area contributed by atoms with Crippen LogP contribution in [0.5, 0.6) is 11.5 Å². The molecule has 130 valence electrons. The van der Waals surface area contributed by atoms with Gasteiger partial charge in [0.15, 0.2) is 5.78 Å². The maximum absolute atomic E-state index is 12.6. The zero-order chi connectivity index (χ0) is 18.0. The fourth-order valence-corrected chi connectivity index (χ4v) is 2.87. The molecule has 0 fully saturated rings. The maximum atomic E-state index is 12.6. The molecule has 1 aliphatic heterocycles. The molecule has 0 saturated carbocycles. The van der Waals surface area contributed by atoms with Gasteiger partial charge in [0.1, 0.15) is 17.6 Å². The van der Waals surface area contributed by atoms with Crippen molar-refractivity contribution in [3.8, 4) is 11.5 Å². The van der Waals surface area contributed by atoms with Crippen LogP contribution in [-0.2, 0) is 0 Å². The molecular weight excluding hydrogens is 316 g/mol. The minimum absolute atomic E-state index is 0.0377. The van der Waals surface area contributed by atoms with Gasteiger partial charge in [-0.2, -0.15) is 0 Å². The minimum atomic E-state index is -0.981. The summed E-state index contributed by atoms with van der Waals surface area (Å²) in [6, 6.07) is 13.2. The topological polar surface area (TPSA) is 55.8 Å². The normalized spacial score (nSPS) is 17.3. The lowest BCUT2D eigenvalue weighted by Crippen LogP contribution is -2.21. The Kier molecular flexibility index (Phi) is 4.64. The van der Waals surface area contributed by atoms with Crippen molar-refractivity contribution in [3.63, 3.8) is 0 Å². The quantitative estimate of drug-likeness (QED) is 0.908. The van der Waals surface area contributed by atoms with Gasteiger partial charge in [-0.15, -0.1) is 0 Å². The number of benzene rings is 2. The Morgan fingerprint density at radius 3 is 2.56 bits per heavy atom. The molecule has 1 aliphatic rings. The smallest absolute Gasteiger partial charge is 0.170 e. The van der Waals surface area contributed by atoms with Gasteiger partial charge in [-0.05, 0) is 37.6 Å². The molecular formula is C21H22O4. The van der Waals surface area contributed by atoms with Gasteiger partial charge in [0.25, 0.3) is 0 Å². The van der Waals surface area contributed by atoms with Crippen LogP contribution < -0.4 is 9.47 Å². The highest BCUT2D eigenvalue weighted by atomic mass is 16.5. The molecule has 1 unspecified atom stereocenters. The Hall–Kier alpha value is -2.59. The number of fused-ring (bicyclic) bond motifs is 1. The number of carbonyl (C=O) groups is 1. The first-order chi connectivity index (χ1) is 11.9. The lowest BCUT2D eigenvalue weighted by atomic mass is 9.93. The first-order valence-corrected chi connectivity index (χ1v) is 8.26. The third kappa shape index (κ3) is 3.74. The molecule has 4 heteroatoms. The van der Waals surface area contributed by atoms with Crippen molar-refractivity contribution in [2.75, 3.05) is 7.11 Å². The van der Waals surface area contributed by atoms with E-state index < -0.39 is 5.60 Å². The van der Waals surface area contributed by atoms with E-state index >= 15 is 0 Å². The molecule has 0 saturated heterocycles. The summed E-state index contributed by atoms with van der Waals surface area (Å²) in [6.45, 7) is 3.37. The predicted octanol–water partition coefficient (Wildman–Crippen LogP) is 4.19. The number of ether oxygens (including phenoxy) is 2. The molecule has 0 bridgehead atoms. The van der Waals surface area contributed by atoms with Crippen LogP contribution in [0.25, 0.3) is 6.08 Å². The summed E-state index contributed by atoms with van der Waals surface area (Å²) in [4.78, 5) is 12.6. The average molecular weight is 338 g/mol. The second-order valence-electron chi connectivity index (χ2n) is 6.69. The number of hydrogen-bond acceptors (Lipinski definition) is 4. The molecule has 3 rings (SSSR count). The van der Waals surface area contributed by atoms with E-state index in [2.05, 4.69) is 0 Å². The Bertz CT molecular complexity index is 801. The SMILES string of the molecule is COc1ccc2c(c1C=CC(C)(C)O)OC(c1ccccc1)CC2=O. The monoisotopic (exact) mass is 338 g/mol. The van der Waals surface area contributed by atoms with E-state index in [1.807, 2.05) is 30.3 Å². The molecule has 0 aromatic heterocycles. The van der Waals surface area contributed by atoms with Crippen molar-refractivity contribution in [3.05, 3.63) is 65.2 Å². The number of ketones is 1. The highest BCUT2D eigenvalue weighted by molar-refractivity contribution is 6.01. The summed E-state index contributed by atoms with van der Waals surface area (Å²) in [7, 11) is 1.57. The predicted molar refractivity (Wildman–Crippen MR) is 97.1 cm³/mol. The number of Topliss-reactive ketones (excluding diaryl/α,β-unsaturated/α-hetero) is 1. The van der Waals surface area contributed by atoms with E-state index in [-0.39, 0.29) is 11.9 Å². The number of methoxy groups -OCH3 is 1. The molecule has 1 heterocycles. The fourth-order valence-electron chi connectivity index (χ4n) is 2.87. The highest BCUT2D eigenvalue weighted by Gasteiger charge is 2.30. The summed E-state index contributed by atoms with van der Waals surface area (Å²) in [5.41, 5.74) is 1.19. The zero-order valence-electron chi connectivity index (χ0n) is 14.7. The van der Waals surface area contributed by atoms with E-state index in [1.165, 1.54) is 0 Å². The zero-order valence-corrected chi connectivity index (χ0v) is 14.7. The van der Waals surface area contributed by atoms with Crippen LogP contribution in [0, 0.1) is 0 Å². The van der Waals surface area contributed by atoms with Gasteiger partial charge < -0.3 is 14.6 Å². The van der Waals surface area contributed by atoms with E-state index in [0.717, 1.165) is 5.56 Å². The molecule has 4 nitrogen and oxygen atoms in total. The molecule has 1 N–H and O–H groups in total. The first kappa shape index (κ1) is 17.2. The second kappa shape index (κ2) is 6.73. The van der Waals surface area contributed by atoms with Crippen molar-refractivity contribution >= 4 is 11.9 Å². The van der Waals surface area contributed by atoms with E-state index in [1.54, 1.807) is 45.2 Å². The van der Waals surface area contributed by atoms with Gasteiger partial charge in [0, 0.05) is 0 Å². The minimum Gasteiger partial charge on any atom is -0.496 e. The van der Waals surface area contributed by atoms with Gasteiger partial charge in [0.2, 0.25) is 0 Å². The first-order valence-electron chi connectivity index (χ1n) is 8.26. The molecule has 0 spiro atoms. The molecule has 0 amide bonds. The number of aliphatic hydroxyl groups is 1. The number of carbonyl (C=O) groups excluding carboxylic acids is 1. The highest BCUT2D eigenvalue weighted by Crippen LogP contribution is 2.41. The van der Waals surface area contributed by atoms with Crippen molar-refractivity contribution in [2.24, 2.45) is 0 Å². The van der Waals surface area contributed by atoms with Crippen molar-refractivity contribution in [2.45, 2.75) is 32.0 Å². The van der Waals surface area contributed by atoms with Crippen LogP contribution in [0.2, 0.25) is 0 Å². The number of hydrogen-bond donors (Lipinski definition) is 1. The largest absolute Gasteiger partial charge is 0.496 e. The van der Waals surface area contributed by atoms with Crippen LogP contribution >= 0.6 is 0 Å². The van der Waals surface area contributed by atoms with Crippen molar-refractivity contribution in [1.29, 1.82) is 0 Å². The average Bonchev–Trinajstić information content (AvgIpc) is 2.59. The molecule has 0 aliphatic carbocycles. The summed E-state index contributed by atoms with van der Waals surface area (Å²) in [6.07, 6.45) is 3.38. The molecule has 0 radical (unpaired) electrons. The van der Waals surface area contributed by atoms with Gasteiger partial charge in [-0.25, -0.2) is 0 Å². The Balaban J connectivity index is 2.08. The fraction of sp³-hybridized carbons (Fsp3) is 0.286. The maximum Gasteiger partial charge on any atom is 0.170 e. The second-order valence-corrected chi connectivity index (χ2v) is 6.69. The molecule has 2 aromatic carbocycles. The van der Waals surface area contributed by atoms with Crippen molar-refractivity contribution < 1.29 is 19.4 Å². The Labute approximate surface area is 147 Å². The lowest BCUT2D eigenvalue weighted by Gasteiger charge is -2.27. The Morgan fingerprint density at radius 1 is 1.20 bits per heavy atom. The molecule has 25 heavy (non-hydrogen) atoms. The van der Waals surface area contributed by atoms with E-state index in [9.17, 15) is 9.90 Å². The third-order valence-electron chi connectivity index (χ3n) is 4.14. The third-order valence-corrected chi connectivity index (χ3v) is 4.14. The van der Waals surface area contributed by atoms with Gasteiger partial charge in [-0.1, -0.05) is 36.4 Å².